The van der Waals surface area contributed by atoms with Crippen molar-refractivity contribution in [2.24, 2.45) is 4.99 Å². The van der Waals surface area contributed by atoms with Crippen LogP contribution in [0, 0.1) is 0 Å². The van der Waals surface area contributed by atoms with Gasteiger partial charge in [0.1, 0.15) is 0 Å². The van der Waals surface area contributed by atoms with Crippen molar-refractivity contribution >= 4 is 34.4 Å². The normalized spacial score (nSPS) is 13.7. The van der Waals surface area contributed by atoms with Crippen LogP contribution in [0.2, 0.25) is 0 Å². The zero-order valence-electron chi connectivity index (χ0n) is 12.2. The van der Waals surface area contributed by atoms with E-state index in [1.165, 1.54) is 11.8 Å². The molecule has 1 aromatic rings. The van der Waals surface area contributed by atoms with Crippen LogP contribution in [0.1, 0.15) is 25.0 Å². The standard InChI is InChI=1S/C15H19N3O2S/c1-3-10-6-5-7-11(4-2)12(10)17-13(19)14(20)18-15-16-8-9-21-15/h5-7H,3-4,8-9H2,1-2H3,(H,17,19)(H,16,18,20). The molecule has 0 bridgehead atoms. The fourth-order valence-corrected chi connectivity index (χ4v) is 2.86. The minimum atomic E-state index is -0.670. The van der Waals surface area contributed by atoms with Gasteiger partial charge in [-0.15, -0.1) is 0 Å². The first-order valence-corrected chi connectivity index (χ1v) is 8.04. The van der Waals surface area contributed by atoms with E-state index in [-0.39, 0.29) is 0 Å². The Hall–Kier alpha value is -1.82. The van der Waals surface area contributed by atoms with E-state index >= 15 is 0 Å². The molecule has 2 amide bonds. The zero-order valence-corrected chi connectivity index (χ0v) is 13.0. The number of carbonyl (C=O) groups excluding carboxylic acids is 2. The molecule has 2 N–H and O–H groups in total. The molecule has 0 saturated carbocycles. The number of para-hydroxylation sites is 1. The van der Waals surface area contributed by atoms with Crippen LogP contribution >= 0.6 is 11.8 Å². The van der Waals surface area contributed by atoms with Crippen LogP contribution in [0.15, 0.2) is 23.2 Å². The Kier molecular flexibility index (Phi) is 5.38. The Labute approximate surface area is 128 Å². The topological polar surface area (TPSA) is 70.6 Å². The minimum Gasteiger partial charge on any atom is -0.317 e. The van der Waals surface area contributed by atoms with Crippen LogP contribution in [0.3, 0.4) is 0 Å². The summed E-state index contributed by atoms with van der Waals surface area (Å²) in [6.45, 7) is 4.73. The molecule has 0 aliphatic carbocycles. The van der Waals surface area contributed by atoms with Crippen molar-refractivity contribution in [3.8, 4) is 0 Å². The van der Waals surface area contributed by atoms with E-state index < -0.39 is 11.8 Å². The van der Waals surface area contributed by atoms with Gasteiger partial charge in [-0.2, -0.15) is 0 Å². The van der Waals surface area contributed by atoms with E-state index in [4.69, 9.17) is 0 Å². The predicted molar refractivity (Wildman–Crippen MR) is 86.7 cm³/mol. The van der Waals surface area contributed by atoms with Crippen LogP contribution in [0.4, 0.5) is 5.69 Å². The monoisotopic (exact) mass is 305 g/mol. The number of anilines is 1. The van der Waals surface area contributed by atoms with Crippen LogP contribution in [0.5, 0.6) is 0 Å². The number of aliphatic imine (C=N–C) groups is 1. The number of aryl methyl sites for hydroxylation is 2. The van der Waals surface area contributed by atoms with E-state index in [2.05, 4.69) is 15.6 Å². The van der Waals surface area contributed by atoms with E-state index in [1.54, 1.807) is 0 Å². The smallest absolute Gasteiger partial charge is 0.315 e. The maximum atomic E-state index is 12.0. The SMILES string of the molecule is CCc1cccc(CC)c1NC(=O)C(=O)NC1=NCCS1. The number of hydrogen-bond donors (Lipinski definition) is 2. The number of nitrogens with one attached hydrogen (secondary N) is 2. The lowest BCUT2D eigenvalue weighted by atomic mass is 10.0. The number of thioether (sulfide) groups is 1. The number of nitrogens with zero attached hydrogens (tertiary/aromatic N) is 1. The van der Waals surface area contributed by atoms with Crippen molar-refractivity contribution < 1.29 is 9.59 Å². The van der Waals surface area contributed by atoms with Gasteiger partial charge in [0.25, 0.3) is 0 Å². The Morgan fingerprint density at radius 1 is 1.14 bits per heavy atom. The molecule has 0 fully saturated rings. The van der Waals surface area contributed by atoms with E-state index in [0.29, 0.717) is 11.7 Å². The molecular formula is C15H19N3O2S. The Bertz CT molecular complexity index is 562. The molecule has 1 aromatic carbocycles. The van der Waals surface area contributed by atoms with Gasteiger partial charge >= 0.3 is 11.8 Å². The first kappa shape index (κ1) is 15.6. The minimum absolute atomic E-state index is 0.523. The van der Waals surface area contributed by atoms with Gasteiger partial charge in [-0.1, -0.05) is 43.8 Å². The summed E-state index contributed by atoms with van der Waals surface area (Å²) in [7, 11) is 0. The number of carbonyl (C=O) groups is 2. The number of amides is 2. The van der Waals surface area contributed by atoms with Gasteiger partial charge in [0, 0.05) is 11.4 Å². The molecule has 0 aromatic heterocycles. The summed E-state index contributed by atoms with van der Waals surface area (Å²) in [6.07, 6.45) is 1.60. The fourth-order valence-electron chi connectivity index (χ4n) is 2.14. The largest absolute Gasteiger partial charge is 0.317 e. The molecule has 6 heteroatoms. The molecule has 0 spiro atoms. The summed E-state index contributed by atoms with van der Waals surface area (Å²) >= 11 is 1.45. The Balaban J connectivity index is 2.09. The molecule has 2 rings (SSSR count). The summed E-state index contributed by atoms with van der Waals surface area (Å²) in [4.78, 5) is 28.0. The highest BCUT2D eigenvalue weighted by molar-refractivity contribution is 8.14. The lowest BCUT2D eigenvalue weighted by Gasteiger charge is -2.14. The van der Waals surface area contributed by atoms with Gasteiger partial charge in [-0.05, 0) is 24.0 Å². The summed E-state index contributed by atoms with van der Waals surface area (Å²) in [6, 6.07) is 5.89. The van der Waals surface area contributed by atoms with Crippen LogP contribution in [-0.4, -0.2) is 29.3 Å². The summed E-state index contributed by atoms with van der Waals surface area (Å²) in [5.41, 5.74) is 2.81. The van der Waals surface area contributed by atoms with E-state index in [0.717, 1.165) is 35.4 Å². The lowest BCUT2D eigenvalue weighted by Crippen LogP contribution is -2.38. The maximum Gasteiger partial charge on any atom is 0.315 e. The van der Waals surface area contributed by atoms with Crippen LogP contribution < -0.4 is 10.6 Å². The van der Waals surface area contributed by atoms with Gasteiger partial charge in [-0.3, -0.25) is 19.9 Å². The molecular weight excluding hydrogens is 286 g/mol. The van der Waals surface area contributed by atoms with Crippen molar-refractivity contribution in [1.29, 1.82) is 0 Å². The molecule has 1 aliphatic heterocycles. The van der Waals surface area contributed by atoms with E-state index in [1.807, 2.05) is 32.0 Å². The predicted octanol–water partition coefficient (Wildman–Crippen LogP) is 1.97. The summed E-state index contributed by atoms with van der Waals surface area (Å²) in [5.74, 6) is -0.479. The molecule has 0 saturated heterocycles. The summed E-state index contributed by atoms with van der Waals surface area (Å²) < 4.78 is 0. The van der Waals surface area contributed by atoms with Crippen molar-refractivity contribution in [1.82, 2.24) is 5.32 Å². The average molecular weight is 305 g/mol. The quantitative estimate of drug-likeness (QED) is 0.839. The molecule has 21 heavy (non-hydrogen) atoms. The second-order valence-electron chi connectivity index (χ2n) is 4.60. The van der Waals surface area contributed by atoms with Crippen LogP contribution in [0.25, 0.3) is 0 Å². The molecule has 0 radical (unpaired) electrons. The van der Waals surface area contributed by atoms with Gasteiger partial charge in [-0.25, -0.2) is 0 Å². The fraction of sp³-hybridized carbons (Fsp3) is 0.400. The molecule has 1 heterocycles. The average Bonchev–Trinajstić information content (AvgIpc) is 3.00. The second-order valence-corrected chi connectivity index (χ2v) is 5.69. The molecule has 112 valence electrons. The third-order valence-electron chi connectivity index (χ3n) is 3.25. The molecule has 1 aliphatic rings. The van der Waals surface area contributed by atoms with Gasteiger partial charge in [0.05, 0.1) is 6.54 Å². The first-order chi connectivity index (χ1) is 10.2. The Morgan fingerprint density at radius 2 is 1.76 bits per heavy atom. The number of benzene rings is 1. The highest BCUT2D eigenvalue weighted by atomic mass is 32.2. The molecule has 5 nitrogen and oxygen atoms in total. The van der Waals surface area contributed by atoms with Gasteiger partial charge in [0.15, 0.2) is 5.17 Å². The third-order valence-corrected chi connectivity index (χ3v) is 4.14. The molecule has 0 atom stereocenters. The number of amidine groups is 1. The van der Waals surface area contributed by atoms with Crippen molar-refractivity contribution in [2.45, 2.75) is 26.7 Å². The van der Waals surface area contributed by atoms with Crippen molar-refractivity contribution in [3.05, 3.63) is 29.3 Å². The highest BCUT2D eigenvalue weighted by Gasteiger charge is 2.19. The second kappa shape index (κ2) is 7.26. The van der Waals surface area contributed by atoms with Gasteiger partial charge in [0.2, 0.25) is 0 Å². The van der Waals surface area contributed by atoms with Gasteiger partial charge < -0.3 is 5.32 Å². The zero-order chi connectivity index (χ0) is 15.2. The van der Waals surface area contributed by atoms with Crippen molar-refractivity contribution in [3.63, 3.8) is 0 Å². The maximum absolute atomic E-state index is 12.0. The first-order valence-electron chi connectivity index (χ1n) is 7.06. The highest BCUT2D eigenvalue weighted by Crippen LogP contribution is 2.22. The van der Waals surface area contributed by atoms with Crippen molar-refractivity contribution in [2.75, 3.05) is 17.6 Å². The van der Waals surface area contributed by atoms with E-state index in [9.17, 15) is 9.59 Å². The number of rotatable bonds is 3. The summed E-state index contributed by atoms with van der Waals surface area (Å²) in [5, 5.41) is 5.80. The lowest BCUT2D eigenvalue weighted by molar-refractivity contribution is -0.135. The van der Waals surface area contributed by atoms with Crippen LogP contribution in [-0.2, 0) is 22.4 Å². The third kappa shape index (κ3) is 3.85. The molecule has 0 unspecified atom stereocenters. The Morgan fingerprint density at radius 3 is 2.29 bits per heavy atom. The number of hydrogen-bond acceptors (Lipinski definition) is 4.